The van der Waals surface area contributed by atoms with Gasteiger partial charge in [0.15, 0.2) is 0 Å². The molecule has 35 heavy (non-hydrogen) atoms. The number of hydrogen-bond acceptors (Lipinski definition) is 4. The van der Waals surface area contributed by atoms with Gasteiger partial charge in [-0.25, -0.2) is 0 Å². The molecule has 1 fully saturated rings. The third-order valence-electron chi connectivity index (χ3n) is 6.42. The van der Waals surface area contributed by atoms with Gasteiger partial charge in [-0.1, -0.05) is 42.5 Å². The van der Waals surface area contributed by atoms with Gasteiger partial charge in [0.2, 0.25) is 0 Å². The van der Waals surface area contributed by atoms with E-state index in [9.17, 15) is 9.59 Å². The molecular formula is C29H33N3O3. The Kier molecular flexibility index (Phi) is 8.52. The minimum atomic E-state index is -0.256. The Morgan fingerprint density at radius 2 is 1.60 bits per heavy atom. The van der Waals surface area contributed by atoms with Crippen molar-refractivity contribution in [2.24, 2.45) is 0 Å². The normalized spacial score (nSPS) is 14.3. The molecule has 0 saturated carbocycles. The molecule has 2 amide bonds. The third kappa shape index (κ3) is 6.70. The van der Waals surface area contributed by atoms with Gasteiger partial charge < -0.3 is 19.9 Å². The lowest BCUT2D eigenvalue weighted by Gasteiger charge is -2.23. The summed E-state index contributed by atoms with van der Waals surface area (Å²) >= 11 is 0. The van der Waals surface area contributed by atoms with Gasteiger partial charge in [0.05, 0.1) is 18.4 Å². The number of carbonyl (C=O) groups is 2. The molecule has 1 aliphatic heterocycles. The number of benzene rings is 3. The number of carbonyl (C=O) groups excluding carboxylic acids is 2. The van der Waals surface area contributed by atoms with Gasteiger partial charge in [-0.2, -0.15) is 0 Å². The van der Waals surface area contributed by atoms with Crippen molar-refractivity contribution in [3.63, 3.8) is 0 Å². The van der Waals surface area contributed by atoms with Crippen molar-refractivity contribution in [1.29, 1.82) is 0 Å². The fourth-order valence-electron chi connectivity index (χ4n) is 4.43. The summed E-state index contributed by atoms with van der Waals surface area (Å²) in [5, 5.41) is 2.91. The van der Waals surface area contributed by atoms with Crippen molar-refractivity contribution in [1.82, 2.24) is 9.80 Å². The van der Waals surface area contributed by atoms with Crippen LogP contribution in [0.2, 0.25) is 0 Å². The first kappa shape index (κ1) is 24.5. The number of anilines is 1. The van der Waals surface area contributed by atoms with E-state index in [1.165, 1.54) is 5.56 Å². The molecule has 0 unspecified atom stereocenters. The van der Waals surface area contributed by atoms with E-state index in [0.29, 0.717) is 29.1 Å². The number of ether oxygens (including phenoxy) is 1. The standard InChI is InChI=1S/C29H33N3O3/c1-35-25-16-14-24(15-17-25)28(33)30-27-13-6-5-12-26(27)29(34)32-20-8-19-31(21-22-32)18-7-11-23-9-3-2-4-10-23/h2-6,9-10,12-17H,7-8,11,18-22H2,1H3,(H,30,33). The first-order valence-electron chi connectivity index (χ1n) is 12.2. The molecule has 182 valence electrons. The van der Waals surface area contributed by atoms with Crippen molar-refractivity contribution in [2.45, 2.75) is 19.3 Å². The van der Waals surface area contributed by atoms with Crippen LogP contribution in [0.25, 0.3) is 0 Å². The van der Waals surface area contributed by atoms with Crippen LogP contribution in [0.5, 0.6) is 5.75 Å². The summed E-state index contributed by atoms with van der Waals surface area (Å²) in [5.41, 5.74) is 2.93. The molecule has 3 aromatic carbocycles. The van der Waals surface area contributed by atoms with Gasteiger partial charge in [-0.3, -0.25) is 9.59 Å². The zero-order chi connectivity index (χ0) is 24.5. The largest absolute Gasteiger partial charge is 0.497 e. The molecule has 1 N–H and O–H groups in total. The Morgan fingerprint density at radius 1 is 0.857 bits per heavy atom. The SMILES string of the molecule is COc1ccc(C(=O)Nc2ccccc2C(=O)N2CCCN(CCCc3ccccc3)CC2)cc1. The van der Waals surface area contributed by atoms with E-state index in [0.717, 1.165) is 45.4 Å². The molecule has 6 nitrogen and oxygen atoms in total. The van der Waals surface area contributed by atoms with E-state index >= 15 is 0 Å². The maximum Gasteiger partial charge on any atom is 0.256 e. The summed E-state index contributed by atoms with van der Waals surface area (Å²) in [5.74, 6) is 0.391. The van der Waals surface area contributed by atoms with Crippen LogP contribution in [0.3, 0.4) is 0 Å². The van der Waals surface area contributed by atoms with Crippen LogP contribution in [0.4, 0.5) is 5.69 Å². The van der Waals surface area contributed by atoms with Crippen LogP contribution in [0, 0.1) is 0 Å². The number of amides is 2. The Hall–Kier alpha value is -3.64. The second-order valence-electron chi connectivity index (χ2n) is 8.80. The van der Waals surface area contributed by atoms with Gasteiger partial charge in [0, 0.05) is 25.2 Å². The number of rotatable bonds is 8. The van der Waals surface area contributed by atoms with E-state index < -0.39 is 0 Å². The maximum atomic E-state index is 13.4. The van der Waals surface area contributed by atoms with Crippen LogP contribution in [-0.2, 0) is 6.42 Å². The maximum absolute atomic E-state index is 13.4. The fourth-order valence-corrected chi connectivity index (χ4v) is 4.43. The predicted molar refractivity (Wildman–Crippen MR) is 139 cm³/mol. The molecule has 0 aliphatic carbocycles. The molecule has 0 atom stereocenters. The molecule has 0 aromatic heterocycles. The highest BCUT2D eigenvalue weighted by atomic mass is 16.5. The van der Waals surface area contributed by atoms with Crippen molar-refractivity contribution < 1.29 is 14.3 Å². The second-order valence-corrected chi connectivity index (χ2v) is 8.80. The lowest BCUT2D eigenvalue weighted by molar-refractivity contribution is 0.0762. The van der Waals surface area contributed by atoms with Gasteiger partial charge in [-0.05, 0) is 74.3 Å². The zero-order valence-electron chi connectivity index (χ0n) is 20.3. The molecule has 6 heteroatoms. The van der Waals surface area contributed by atoms with Crippen LogP contribution in [-0.4, -0.2) is 61.4 Å². The van der Waals surface area contributed by atoms with E-state index in [1.54, 1.807) is 43.5 Å². The number of hydrogen-bond donors (Lipinski definition) is 1. The topological polar surface area (TPSA) is 61.9 Å². The van der Waals surface area contributed by atoms with E-state index in [2.05, 4.69) is 34.5 Å². The quantitative estimate of drug-likeness (QED) is 0.516. The van der Waals surface area contributed by atoms with E-state index in [1.807, 2.05) is 23.1 Å². The summed E-state index contributed by atoms with van der Waals surface area (Å²) in [4.78, 5) is 30.6. The molecular weight excluding hydrogens is 438 g/mol. The third-order valence-corrected chi connectivity index (χ3v) is 6.42. The minimum Gasteiger partial charge on any atom is -0.497 e. The number of methoxy groups -OCH3 is 1. The van der Waals surface area contributed by atoms with Crippen LogP contribution in [0.1, 0.15) is 39.1 Å². The average molecular weight is 472 g/mol. The lowest BCUT2D eigenvalue weighted by Crippen LogP contribution is -2.36. The minimum absolute atomic E-state index is 0.0400. The highest BCUT2D eigenvalue weighted by Crippen LogP contribution is 2.20. The van der Waals surface area contributed by atoms with E-state index in [4.69, 9.17) is 4.74 Å². The number of para-hydroxylation sites is 1. The molecule has 1 aliphatic rings. The van der Waals surface area contributed by atoms with Crippen molar-refractivity contribution in [3.8, 4) is 5.75 Å². The smallest absolute Gasteiger partial charge is 0.256 e. The van der Waals surface area contributed by atoms with Gasteiger partial charge in [0.25, 0.3) is 11.8 Å². The summed E-state index contributed by atoms with van der Waals surface area (Å²) in [7, 11) is 1.59. The predicted octanol–water partition coefficient (Wildman–Crippen LogP) is 4.73. The van der Waals surface area contributed by atoms with Crippen LogP contribution in [0.15, 0.2) is 78.9 Å². The second kappa shape index (κ2) is 12.2. The Balaban J connectivity index is 1.34. The molecule has 4 rings (SSSR count). The number of nitrogens with zero attached hydrogens (tertiary/aromatic N) is 2. The Morgan fingerprint density at radius 3 is 2.37 bits per heavy atom. The Bertz CT molecular complexity index is 1120. The highest BCUT2D eigenvalue weighted by molar-refractivity contribution is 6.09. The monoisotopic (exact) mass is 471 g/mol. The first-order valence-corrected chi connectivity index (χ1v) is 12.2. The molecule has 0 spiro atoms. The molecule has 1 saturated heterocycles. The number of nitrogens with one attached hydrogen (secondary N) is 1. The fraction of sp³-hybridized carbons (Fsp3) is 0.310. The van der Waals surface area contributed by atoms with Gasteiger partial charge >= 0.3 is 0 Å². The molecule has 3 aromatic rings. The Labute approximate surface area is 207 Å². The van der Waals surface area contributed by atoms with E-state index in [-0.39, 0.29) is 11.8 Å². The summed E-state index contributed by atoms with van der Waals surface area (Å²) in [6.07, 6.45) is 3.12. The molecule has 1 heterocycles. The van der Waals surface area contributed by atoms with Gasteiger partial charge in [0.1, 0.15) is 5.75 Å². The lowest BCUT2D eigenvalue weighted by atomic mass is 10.1. The number of aryl methyl sites for hydroxylation is 1. The van der Waals surface area contributed by atoms with Crippen LogP contribution >= 0.6 is 0 Å². The van der Waals surface area contributed by atoms with Crippen molar-refractivity contribution >= 4 is 17.5 Å². The first-order chi connectivity index (χ1) is 17.1. The summed E-state index contributed by atoms with van der Waals surface area (Å²) < 4.78 is 5.16. The van der Waals surface area contributed by atoms with Gasteiger partial charge in [-0.15, -0.1) is 0 Å². The zero-order valence-corrected chi connectivity index (χ0v) is 20.3. The highest BCUT2D eigenvalue weighted by Gasteiger charge is 2.23. The molecule has 0 bridgehead atoms. The average Bonchev–Trinajstić information content (AvgIpc) is 3.15. The summed E-state index contributed by atoms with van der Waals surface area (Å²) in [6.45, 7) is 4.29. The van der Waals surface area contributed by atoms with Crippen LogP contribution < -0.4 is 10.1 Å². The summed E-state index contributed by atoms with van der Waals surface area (Å²) in [6, 6.07) is 24.7. The molecule has 0 radical (unpaired) electrons. The van der Waals surface area contributed by atoms with Crippen molar-refractivity contribution in [3.05, 3.63) is 95.6 Å². The van der Waals surface area contributed by atoms with Crippen molar-refractivity contribution in [2.75, 3.05) is 45.2 Å².